The smallest absolute Gasteiger partial charge is 0.668 e. The summed E-state index contributed by atoms with van der Waals surface area (Å²) in [5.41, 5.74) is 0. The van der Waals surface area contributed by atoms with Gasteiger partial charge in [-0.05, 0) is 0 Å². The van der Waals surface area contributed by atoms with Gasteiger partial charge in [-0.25, -0.2) is 0 Å². The molecular formula is H6O41SiW12-72. The van der Waals surface area contributed by atoms with Crippen LogP contribution in [0.1, 0.15) is 0 Å². The Morgan fingerprint density at radius 1 is 0.130 bits per heavy atom. The van der Waals surface area contributed by atoms with E-state index in [-0.39, 0.29) is 455 Å². The molecular weight excluding hydrogens is 2890 g/mol. The number of hydrogen-bond acceptors (Lipinski definition) is 4. The van der Waals surface area contributed by atoms with Gasteiger partial charge in [0.05, 0.1) is 0 Å². The van der Waals surface area contributed by atoms with Gasteiger partial charge in [0.2, 0.25) is 0 Å². The molecule has 0 saturated carbocycles. The summed E-state index contributed by atoms with van der Waals surface area (Å²) < 4.78 is 0. The summed E-state index contributed by atoms with van der Waals surface area (Å²) in [5.74, 6) is 0. The quantitative estimate of drug-likeness (QED) is 0.172. The van der Waals surface area contributed by atoms with Gasteiger partial charge in [0.15, 0.2) is 0 Å². The van der Waals surface area contributed by atoms with Crippen molar-refractivity contribution in [2.24, 2.45) is 0 Å². The minimum Gasteiger partial charge on any atom is -2.00 e. The van der Waals surface area contributed by atoms with Crippen molar-refractivity contribution in [3.63, 3.8) is 0 Å². The van der Waals surface area contributed by atoms with Gasteiger partial charge in [-0.15, -0.1) is 0 Å². The van der Waals surface area contributed by atoms with Crippen LogP contribution in [0, 0.1) is 0 Å². The van der Waals surface area contributed by atoms with E-state index in [4.69, 9.17) is 19.2 Å². The van der Waals surface area contributed by atoms with Crippen LogP contribution >= 0.6 is 0 Å². The molecule has 0 amide bonds. The first-order chi connectivity index (χ1) is 2.00. The van der Waals surface area contributed by atoms with E-state index in [1.165, 1.54) is 0 Å². The molecule has 54 heavy (non-hydrogen) atoms. The fourth-order valence-electron chi connectivity index (χ4n) is 0. The second kappa shape index (κ2) is 1260. The van der Waals surface area contributed by atoms with Crippen LogP contribution in [0.2, 0.25) is 0 Å². The van der Waals surface area contributed by atoms with Gasteiger partial charge in [0.25, 0.3) is 0 Å². The predicted octanol–water partition coefficient (Wildman–Crippen LogP) is -7.74. The first-order valence-corrected chi connectivity index (χ1v) is 2.68. The van der Waals surface area contributed by atoms with Gasteiger partial charge in [0, 0.05) is 253 Å². The molecule has 41 nitrogen and oxygen atoms in total. The third kappa shape index (κ3) is 4210. The second-order valence-electron chi connectivity index (χ2n) is 0.600. The fraction of sp³-hybridized carbons (Fsp3) is 0. The van der Waals surface area contributed by atoms with Gasteiger partial charge < -0.3 is 222 Å². The van der Waals surface area contributed by atoms with Crippen molar-refractivity contribution >= 4 is 9.05 Å². The van der Waals surface area contributed by atoms with Crippen molar-refractivity contribution in [3.8, 4) is 0 Å². The topological polar surface area (TPSA) is 1140 Å². The molecule has 0 saturated heterocycles. The fourth-order valence-corrected chi connectivity index (χ4v) is 0. The second-order valence-corrected chi connectivity index (χ2v) is 1.80. The van der Waals surface area contributed by atoms with E-state index >= 15 is 0 Å². The Morgan fingerprint density at radius 2 is 0.130 bits per heavy atom. The van der Waals surface area contributed by atoms with Crippen LogP contribution in [0.5, 0.6) is 0 Å². The van der Waals surface area contributed by atoms with Crippen LogP contribution in [0.15, 0.2) is 0 Å². The average molecular weight is 2900 g/mol. The molecule has 0 radical (unpaired) electrons. The maximum atomic E-state index is 7.33. The Hall–Kier alpha value is 6.84. The molecule has 0 bridgehead atoms. The van der Waals surface area contributed by atoms with Crippen LogP contribution in [-0.4, -0.2) is 33.7 Å². The van der Waals surface area contributed by atoms with Crippen molar-refractivity contribution in [2.75, 3.05) is 0 Å². The zero-order valence-corrected chi connectivity index (χ0v) is 58.6. The van der Waals surface area contributed by atoms with E-state index in [2.05, 4.69) is 0 Å². The minimum absolute atomic E-state index is 0. The van der Waals surface area contributed by atoms with Crippen molar-refractivity contribution in [2.45, 2.75) is 0 Å². The molecule has 0 aliphatic rings. The van der Waals surface area contributed by atoms with Crippen LogP contribution in [0.3, 0.4) is 0 Å². The summed E-state index contributed by atoms with van der Waals surface area (Å²) in [6.45, 7) is 0. The zero-order chi connectivity index (χ0) is 4.50. The Balaban J connectivity index is -0.0000000000680. The largest absolute Gasteiger partial charge is 2.00 e. The Bertz CT molecular complexity index is 63.6. The van der Waals surface area contributed by atoms with E-state index < -0.39 is 9.05 Å². The molecule has 0 atom stereocenters. The summed E-state index contributed by atoms with van der Waals surface area (Å²) in [6, 6.07) is 0. The summed E-state index contributed by atoms with van der Waals surface area (Å²) >= 11 is 0. The van der Waals surface area contributed by atoms with E-state index in [0.717, 1.165) is 0 Å². The van der Waals surface area contributed by atoms with Crippen LogP contribution < -0.4 is 0 Å². The van der Waals surface area contributed by atoms with E-state index in [1.54, 1.807) is 0 Å². The van der Waals surface area contributed by atoms with Crippen LogP contribution in [0.4, 0.5) is 0 Å². The summed E-state index contributed by atoms with van der Waals surface area (Å²) in [6.07, 6.45) is 0. The van der Waals surface area contributed by atoms with Crippen molar-refractivity contribution in [3.05, 3.63) is 0 Å². The molecule has 0 heterocycles. The normalized spacial score (nSPS) is 1.11. The molecule has 0 aromatic carbocycles. The average Bonchev–Trinajstić information content (AvgIpc) is 0.722. The standard InChI is InChI=1S/H4O4Si.H2O.36O.12W/c1-5(2,3)4;;;;;;;;;;;;;;;;;;;;;;;;;;;;;;;;;;;;;;;;;;;;;;;;;/h1-4H;1H2;;;;;;;;;;;;;;;;;;;;;;;;;;;;;;;;;;;;;;;;;;;;;;;;/q;;36*-2;;;;;;;;;;;;. The van der Waals surface area contributed by atoms with E-state index in [9.17, 15) is 0 Å². The van der Waals surface area contributed by atoms with Crippen molar-refractivity contribution in [1.82, 2.24) is 0 Å². The molecule has 0 unspecified atom stereocenters. The first kappa shape index (κ1) is 1850. The third-order valence-electron chi connectivity index (χ3n) is 0. The maximum absolute atomic E-state index is 7.33. The molecule has 6 N–H and O–H groups in total. The minimum atomic E-state index is -4.61. The maximum Gasteiger partial charge on any atom is 0.668 e. The number of hydrogen-bond donors (Lipinski definition) is 4. The summed E-state index contributed by atoms with van der Waals surface area (Å²) in [7, 11) is -4.61. The third-order valence-corrected chi connectivity index (χ3v) is 0. The predicted molar refractivity (Wildman–Crippen MR) is 43.0 cm³/mol. The van der Waals surface area contributed by atoms with Crippen LogP contribution in [0.25, 0.3) is 0 Å². The Labute approximate surface area is 477 Å². The molecule has 400 valence electrons. The molecule has 54 heteroatoms. The zero-order valence-electron chi connectivity index (χ0n) is 22.4. The van der Waals surface area contributed by atoms with Crippen molar-refractivity contribution in [1.29, 1.82) is 0 Å². The SMILES string of the molecule is O.O[Si](O)(O)O.[O-2].[O-2].[O-2].[O-2].[O-2].[O-2].[O-2].[O-2].[O-2].[O-2].[O-2].[O-2].[O-2].[O-2].[O-2].[O-2].[O-2].[O-2].[O-2].[O-2].[O-2].[O-2].[O-2].[O-2].[O-2].[O-2].[O-2].[O-2].[O-2].[O-2].[O-2].[O-2].[O-2].[O-2].[O-2].[O-2].[W].[W].[W].[W].[W].[W].[W].[W].[W].[W].[W].[W]. The van der Waals surface area contributed by atoms with E-state index in [1.807, 2.05) is 0 Å². The van der Waals surface area contributed by atoms with Crippen molar-refractivity contribution < 1.29 is 475 Å². The first-order valence-electron chi connectivity index (χ1n) is 0.894. The van der Waals surface area contributed by atoms with Crippen LogP contribution in [-0.2, 0) is 450 Å². The van der Waals surface area contributed by atoms with E-state index in [0.29, 0.717) is 0 Å². The molecule has 0 aliphatic heterocycles. The molecule has 0 aliphatic carbocycles. The number of rotatable bonds is 0. The van der Waals surface area contributed by atoms with Gasteiger partial charge in [-0.3, -0.25) is 0 Å². The Morgan fingerprint density at radius 3 is 0.130 bits per heavy atom. The molecule has 0 rings (SSSR count). The molecule has 0 aromatic heterocycles. The summed E-state index contributed by atoms with van der Waals surface area (Å²) in [5, 5.41) is 0. The van der Waals surface area contributed by atoms with Gasteiger partial charge in [0.1, 0.15) is 0 Å². The van der Waals surface area contributed by atoms with Gasteiger partial charge >= 0.3 is 9.05 Å². The molecule has 0 aromatic rings. The summed E-state index contributed by atoms with van der Waals surface area (Å²) in [4.78, 5) is 29.3. The molecule has 0 fully saturated rings. The Kier molecular flexibility index (Phi) is 43200. The molecule has 0 spiro atoms. The monoisotopic (exact) mass is 2900 g/mol. The van der Waals surface area contributed by atoms with Gasteiger partial charge in [-0.2, -0.15) is 0 Å². The van der Waals surface area contributed by atoms with Gasteiger partial charge in [-0.1, -0.05) is 0 Å².